The molecular formula is C38H44F3N3O7S. The molecule has 1 amide bonds. The Kier molecular flexibility index (Phi) is 14.0. The molecule has 52 heavy (non-hydrogen) atoms. The Bertz CT molecular complexity index is 1780. The standard InChI is InChI=1S/C38H44F3N3O7S/c1-38(26-6-11-33(47-2)34(23-26)48-3)12-4-5-32-35(38)44(28-9-7-27(39)8-10-28)37(43-32)52-24-29-30(40)21-25(22-31(29)41)36(46)42-13-15-49-17-19-51-20-18-50-16-14-45/h6-11,21-23,45H,4-5,12-20,24H2,1-3H3,(H,42,46). The van der Waals surface area contributed by atoms with Gasteiger partial charge in [-0.1, -0.05) is 17.8 Å². The van der Waals surface area contributed by atoms with Crippen molar-refractivity contribution in [2.24, 2.45) is 0 Å². The summed E-state index contributed by atoms with van der Waals surface area (Å²) < 4.78 is 73.8. The Morgan fingerprint density at radius 2 is 1.56 bits per heavy atom. The molecule has 0 spiro atoms. The molecule has 1 aliphatic rings. The van der Waals surface area contributed by atoms with Crippen molar-refractivity contribution in [3.05, 3.63) is 100 Å². The number of hydrogen-bond donors (Lipinski definition) is 2. The van der Waals surface area contributed by atoms with E-state index in [4.69, 9.17) is 33.8 Å². The fraction of sp³-hybridized carbons (Fsp3) is 0.421. The van der Waals surface area contributed by atoms with Crippen LogP contribution in [0.4, 0.5) is 13.2 Å². The van der Waals surface area contributed by atoms with Gasteiger partial charge in [0, 0.05) is 34.5 Å². The molecule has 14 heteroatoms. The van der Waals surface area contributed by atoms with Crippen molar-refractivity contribution in [3.8, 4) is 17.2 Å². The fourth-order valence-corrected chi connectivity index (χ4v) is 7.30. The molecule has 0 saturated carbocycles. The maximum Gasteiger partial charge on any atom is 0.251 e. The third-order valence-electron chi connectivity index (χ3n) is 8.90. The van der Waals surface area contributed by atoms with Crippen molar-refractivity contribution in [2.45, 2.75) is 42.5 Å². The number of methoxy groups -OCH3 is 2. The van der Waals surface area contributed by atoms with Crippen LogP contribution < -0.4 is 14.8 Å². The van der Waals surface area contributed by atoms with Crippen LogP contribution in [0.1, 0.15) is 52.6 Å². The summed E-state index contributed by atoms with van der Waals surface area (Å²) in [4.78, 5) is 17.7. The first-order chi connectivity index (χ1) is 25.2. The number of nitrogens with zero attached hydrogens (tertiary/aromatic N) is 2. The molecule has 1 heterocycles. The molecule has 10 nitrogen and oxygen atoms in total. The van der Waals surface area contributed by atoms with Crippen molar-refractivity contribution in [3.63, 3.8) is 0 Å². The molecule has 0 aliphatic heterocycles. The van der Waals surface area contributed by atoms with E-state index in [2.05, 4.69) is 12.2 Å². The van der Waals surface area contributed by atoms with Crippen LogP contribution in [0.25, 0.3) is 5.69 Å². The van der Waals surface area contributed by atoms with E-state index in [-0.39, 0.29) is 43.2 Å². The number of carbonyl (C=O) groups is 1. The smallest absolute Gasteiger partial charge is 0.251 e. The molecule has 5 rings (SSSR count). The van der Waals surface area contributed by atoms with Gasteiger partial charge in [0.2, 0.25) is 0 Å². The highest BCUT2D eigenvalue weighted by Crippen LogP contribution is 2.47. The van der Waals surface area contributed by atoms with Crippen LogP contribution in [-0.2, 0) is 31.8 Å². The van der Waals surface area contributed by atoms with Crippen LogP contribution >= 0.6 is 11.8 Å². The SMILES string of the molecule is COc1ccc(C2(C)CCCc3nc(SCc4c(F)cc(C(=O)NCCOCCOCCOCCO)cc4F)n(-c4ccc(F)cc4)c32)cc1OC. The summed E-state index contributed by atoms with van der Waals surface area (Å²) in [6, 6.07) is 13.9. The second kappa shape index (κ2) is 18.6. The lowest BCUT2D eigenvalue weighted by molar-refractivity contribution is 0.00825. The first-order valence-corrected chi connectivity index (χ1v) is 18.0. The second-order valence-corrected chi connectivity index (χ2v) is 13.2. The van der Waals surface area contributed by atoms with E-state index in [0.717, 1.165) is 53.7 Å². The molecule has 0 radical (unpaired) electrons. The molecule has 1 aromatic heterocycles. The van der Waals surface area contributed by atoms with Gasteiger partial charge in [0.05, 0.1) is 71.9 Å². The summed E-state index contributed by atoms with van der Waals surface area (Å²) >= 11 is 1.16. The predicted molar refractivity (Wildman–Crippen MR) is 190 cm³/mol. The molecule has 0 bridgehead atoms. The Labute approximate surface area is 305 Å². The van der Waals surface area contributed by atoms with E-state index in [0.29, 0.717) is 55.2 Å². The zero-order chi connectivity index (χ0) is 37.1. The zero-order valence-electron chi connectivity index (χ0n) is 29.5. The molecule has 280 valence electrons. The number of rotatable bonds is 19. The van der Waals surface area contributed by atoms with E-state index in [9.17, 15) is 9.18 Å². The average Bonchev–Trinajstić information content (AvgIpc) is 3.53. The number of hydrogen-bond acceptors (Lipinski definition) is 9. The van der Waals surface area contributed by atoms with Crippen LogP contribution in [0.5, 0.6) is 11.5 Å². The third-order valence-corrected chi connectivity index (χ3v) is 9.86. The summed E-state index contributed by atoms with van der Waals surface area (Å²) in [5.74, 6) is -1.64. The van der Waals surface area contributed by atoms with Gasteiger partial charge in [-0.05, 0) is 80.3 Å². The number of benzene rings is 3. The first kappa shape index (κ1) is 39.1. The van der Waals surface area contributed by atoms with E-state index in [1.807, 2.05) is 22.8 Å². The predicted octanol–water partition coefficient (Wildman–Crippen LogP) is 6.01. The molecule has 2 N–H and O–H groups in total. The Morgan fingerprint density at radius 1 is 0.904 bits per heavy atom. The largest absolute Gasteiger partial charge is 0.493 e. The van der Waals surface area contributed by atoms with Gasteiger partial charge in [-0.3, -0.25) is 9.36 Å². The molecule has 4 aromatic rings. The van der Waals surface area contributed by atoms with Crippen LogP contribution in [0.3, 0.4) is 0 Å². The highest BCUT2D eigenvalue weighted by Gasteiger charge is 2.40. The van der Waals surface area contributed by atoms with Gasteiger partial charge < -0.3 is 34.1 Å². The monoisotopic (exact) mass is 743 g/mol. The Hall–Kier alpha value is -4.08. The summed E-state index contributed by atoms with van der Waals surface area (Å²) in [5, 5.41) is 11.8. The molecule has 0 saturated heterocycles. The maximum atomic E-state index is 15.4. The lowest BCUT2D eigenvalue weighted by atomic mass is 9.71. The van der Waals surface area contributed by atoms with Crippen molar-refractivity contribution in [2.75, 3.05) is 67.0 Å². The number of thioether (sulfide) groups is 1. The third kappa shape index (κ3) is 9.28. The highest BCUT2D eigenvalue weighted by atomic mass is 32.2. The number of aliphatic hydroxyl groups excluding tert-OH is 1. The van der Waals surface area contributed by atoms with Crippen molar-refractivity contribution in [1.29, 1.82) is 0 Å². The Morgan fingerprint density at radius 3 is 2.21 bits per heavy atom. The lowest BCUT2D eigenvalue weighted by Gasteiger charge is -2.36. The van der Waals surface area contributed by atoms with Crippen LogP contribution in [-0.4, -0.2) is 87.6 Å². The minimum atomic E-state index is -0.853. The number of aromatic nitrogens is 2. The number of carbonyl (C=O) groups excluding carboxylic acids is 1. The van der Waals surface area contributed by atoms with E-state index >= 15 is 8.78 Å². The topological polar surface area (TPSA) is 113 Å². The molecule has 1 atom stereocenters. The average molecular weight is 744 g/mol. The van der Waals surface area contributed by atoms with Gasteiger partial charge in [0.25, 0.3) is 5.91 Å². The quantitative estimate of drug-likeness (QED) is 0.0881. The number of aryl methyl sites for hydroxylation is 1. The van der Waals surface area contributed by atoms with Crippen molar-refractivity contribution >= 4 is 17.7 Å². The van der Waals surface area contributed by atoms with Gasteiger partial charge in [0.15, 0.2) is 16.7 Å². The first-order valence-electron chi connectivity index (χ1n) is 17.0. The van der Waals surface area contributed by atoms with Crippen LogP contribution in [0, 0.1) is 17.5 Å². The fourth-order valence-electron chi connectivity index (χ4n) is 6.25. The summed E-state index contributed by atoms with van der Waals surface area (Å²) in [7, 11) is 3.17. The normalized spacial score (nSPS) is 15.4. The lowest BCUT2D eigenvalue weighted by Crippen LogP contribution is -2.31. The van der Waals surface area contributed by atoms with Crippen LogP contribution in [0.2, 0.25) is 0 Å². The molecule has 1 aliphatic carbocycles. The van der Waals surface area contributed by atoms with Gasteiger partial charge in [0.1, 0.15) is 17.5 Å². The van der Waals surface area contributed by atoms with Gasteiger partial charge in [-0.15, -0.1) is 0 Å². The molecule has 1 unspecified atom stereocenters. The number of nitrogens with one attached hydrogen (secondary N) is 1. The number of fused-ring (bicyclic) bond motifs is 1. The summed E-state index contributed by atoms with van der Waals surface area (Å²) in [6.45, 7) is 4.02. The summed E-state index contributed by atoms with van der Waals surface area (Å²) in [6.07, 6.45) is 2.35. The number of ether oxygens (including phenoxy) is 5. The highest BCUT2D eigenvalue weighted by molar-refractivity contribution is 7.98. The minimum Gasteiger partial charge on any atom is -0.493 e. The maximum absolute atomic E-state index is 15.4. The molecule has 0 fully saturated rings. The van der Waals surface area contributed by atoms with Crippen LogP contribution in [0.15, 0.2) is 59.8 Å². The Balaban J connectivity index is 1.30. The second-order valence-electron chi connectivity index (χ2n) is 12.3. The molecular weight excluding hydrogens is 699 g/mol. The summed E-state index contributed by atoms with van der Waals surface area (Å²) in [5.41, 5.74) is 2.53. The number of amides is 1. The van der Waals surface area contributed by atoms with Crippen molar-refractivity contribution < 1.29 is 46.8 Å². The van der Waals surface area contributed by atoms with Gasteiger partial charge >= 0.3 is 0 Å². The van der Waals surface area contributed by atoms with Gasteiger partial charge in [-0.25, -0.2) is 18.2 Å². The van der Waals surface area contributed by atoms with Crippen molar-refractivity contribution in [1.82, 2.24) is 14.9 Å². The van der Waals surface area contributed by atoms with E-state index in [1.54, 1.807) is 26.4 Å². The number of aliphatic hydroxyl groups is 1. The minimum absolute atomic E-state index is 0.0461. The number of halogens is 3. The number of imidazole rings is 1. The zero-order valence-corrected chi connectivity index (χ0v) is 30.3. The van der Waals surface area contributed by atoms with E-state index < -0.39 is 28.8 Å². The van der Waals surface area contributed by atoms with E-state index in [1.165, 1.54) is 12.1 Å². The molecule has 3 aromatic carbocycles. The van der Waals surface area contributed by atoms with Gasteiger partial charge in [-0.2, -0.15) is 0 Å².